The fourth-order valence-electron chi connectivity index (χ4n) is 2.53. The molecule has 0 spiro atoms. The molecule has 0 heterocycles. The van der Waals surface area contributed by atoms with E-state index in [1.807, 2.05) is 6.92 Å². The topological polar surface area (TPSA) is 75.7 Å². The van der Waals surface area contributed by atoms with Crippen molar-refractivity contribution in [2.24, 2.45) is 0 Å². The number of nitrogens with one attached hydrogen (secondary N) is 1. The quantitative estimate of drug-likeness (QED) is 0.725. The molecule has 0 fully saturated rings. The summed E-state index contributed by atoms with van der Waals surface area (Å²) in [6.07, 6.45) is 0. The standard InChI is InChI=1S/C19H23ClN2O4S/c1-14-7-9-18(10-8-14)27(24,25)22(17-6-4-5-16(20)11-17)12-19(23)21-15(2)13-26-3/h4-11,15H,12-13H2,1-3H3,(H,21,23)/t15-/m1/s1. The van der Waals surface area contributed by atoms with Crippen LogP contribution in [-0.2, 0) is 19.6 Å². The Balaban J connectivity index is 2.38. The molecule has 0 aliphatic carbocycles. The summed E-state index contributed by atoms with van der Waals surface area (Å²) in [7, 11) is -2.42. The summed E-state index contributed by atoms with van der Waals surface area (Å²) in [5, 5.41) is 3.10. The van der Waals surface area contributed by atoms with Gasteiger partial charge >= 0.3 is 0 Å². The van der Waals surface area contributed by atoms with Crippen LogP contribution in [0.5, 0.6) is 0 Å². The van der Waals surface area contributed by atoms with E-state index in [1.165, 1.54) is 25.3 Å². The maximum Gasteiger partial charge on any atom is 0.264 e. The number of hydrogen-bond acceptors (Lipinski definition) is 4. The van der Waals surface area contributed by atoms with Gasteiger partial charge in [-0.25, -0.2) is 8.42 Å². The molecule has 6 nitrogen and oxygen atoms in total. The first-order valence-electron chi connectivity index (χ1n) is 8.37. The Morgan fingerprint density at radius 3 is 2.48 bits per heavy atom. The van der Waals surface area contributed by atoms with Gasteiger partial charge in [-0.15, -0.1) is 0 Å². The van der Waals surface area contributed by atoms with E-state index < -0.39 is 15.9 Å². The number of halogens is 1. The van der Waals surface area contributed by atoms with Gasteiger partial charge in [-0.1, -0.05) is 35.4 Å². The van der Waals surface area contributed by atoms with Crippen LogP contribution in [-0.4, -0.2) is 40.6 Å². The highest BCUT2D eigenvalue weighted by Crippen LogP contribution is 2.26. The molecule has 0 radical (unpaired) electrons. The van der Waals surface area contributed by atoms with Gasteiger partial charge in [0.15, 0.2) is 0 Å². The second kappa shape index (κ2) is 9.21. The number of amides is 1. The molecule has 1 amide bonds. The minimum absolute atomic E-state index is 0.103. The molecule has 0 saturated heterocycles. The van der Waals surface area contributed by atoms with E-state index in [-0.39, 0.29) is 17.5 Å². The summed E-state index contributed by atoms with van der Waals surface area (Å²) >= 11 is 6.03. The maximum absolute atomic E-state index is 13.2. The van der Waals surface area contributed by atoms with Gasteiger partial charge in [0.25, 0.3) is 10.0 Å². The number of anilines is 1. The van der Waals surface area contributed by atoms with E-state index in [9.17, 15) is 13.2 Å². The van der Waals surface area contributed by atoms with Crippen LogP contribution in [0.3, 0.4) is 0 Å². The number of carbonyl (C=O) groups is 1. The van der Waals surface area contributed by atoms with Crippen LogP contribution in [0.4, 0.5) is 5.69 Å². The van der Waals surface area contributed by atoms with Gasteiger partial charge in [0.05, 0.1) is 17.2 Å². The Hall–Kier alpha value is -2.09. The smallest absolute Gasteiger partial charge is 0.264 e. The zero-order valence-electron chi connectivity index (χ0n) is 15.5. The van der Waals surface area contributed by atoms with Crippen LogP contribution < -0.4 is 9.62 Å². The SMILES string of the molecule is COC[C@@H](C)NC(=O)CN(c1cccc(Cl)c1)S(=O)(=O)c1ccc(C)cc1. The molecule has 8 heteroatoms. The lowest BCUT2D eigenvalue weighted by Crippen LogP contribution is -2.44. The van der Waals surface area contributed by atoms with Gasteiger partial charge in [-0.3, -0.25) is 9.10 Å². The van der Waals surface area contributed by atoms with Crippen molar-refractivity contribution < 1.29 is 17.9 Å². The molecule has 146 valence electrons. The molecule has 1 atom stereocenters. The molecule has 0 aromatic heterocycles. The number of nitrogens with zero attached hydrogens (tertiary/aromatic N) is 1. The second-order valence-electron chi connectivity index (χ2n) is 6.23. The van der Waals surface area contributed by atoms with Crippen molar-refractivity contribution in [3.63, 3.8) is 0 Å². The number of aryl methyl sites for hydroxylation is 1. The molecule has 0 unspecified atom stereocenters. The minimum Gasteiger partial charge on any atom is -0.383 e. The van der Waals surface area contributed by atoms with Crippen LogP contribution >= 0.6 is 11.6 Å². The molecule has 0 saturated carbocycles. The largest absolute Gasteiger partial charge is 0.383 e. The van der Waals surface area contributed by atoms with E-state index in [1.54, 1.807) is 37.3 Å². The number of sulfonamides is 1. The van der Waals surface area contributed by atoms with Gasteiger partial charge in [0.1, 0.15) is 6.54 Å². The predicted octanol–water partition coefficient (Wildman–Crippen LogP) is 2.99. The summed E-state index contributed by atoms with van der Waals surface area (Å²) in [6.45, 7) is 3.60. The van der Waals surface area contributed by atoms with Crippen molar-refractivity contribution in [1.82, 2.24) is 5.32 Å². The van der Waals surface area contributed by atoms with Gasteiger partial charge in [0, 0.05) is 18.2 Å². The number of hydrogen-bond donors (Lipinski definition) is 1. The summed E-state index contributed by atoms with van der Waals surface area (Å²) in [5.41, 5.74) is 1.26. The average molecular weight is 411 g/mol. The highest BCUT2D eigenvalue weighted by atomic mass is 35.5. The Bertz CT molecular complexity index is 885. The minimum atomic E-state index is -3.95. The van der Waals surface area contributed by atoms with Gasteiger partial charge in [-0.2, -0.15) is 0 Å². The monoisotopic (exact) mass is 410 g/mol. The van der Waals surface area contributed by atoms with E-state index in [0.29, 0.717) is 17.3 Å². The molecule has 1 N–H and O–H groups in total. The third-order valence-electron chi connectivity index (χ3n) is 3.82. The number of carbonyl (C=O) groups excluding carboxylic acids is 1. The molecule has 0 aliphatic rings. The molecule has 2 rings (SSSR count). The zero-order chi connectivity index (χ0) is 20.0. The summed E-state index contributed by atoms with van der Waals surface area (Å²) in [6, 6.07) is 12.6. The number of ether oxygens (including phenoxy) is 1. The van der Waals surface area contributed by atoms with Crippen LogP contribution in [0, 0.1) is 6.92 Å². The Morgan fingerprint density at radius 1 is 1.22 bits per heavy atom. The van der Waals surface area contributed by atoms with E-state index in [4.69, 9.17) is 16.3 Å². The summed E-state index contributed by atoms with van der Waals surface area (Å²) in [4.78, 5) is 12.5. The van der Waals surface area contributed by atoms with E-state index >= 15 is 0 Å². The number of benzene rings is 2. The predicted molar refractivity (Wildman–Crippen MR) is 107 cm³/mol. The highest BCUT2D eigenvalue weighted by Gasteiger charge is 2.27. The van der Waals surface area contributed by atoms with Gasteiger partial charge in [-0.05, 0) is 44.2 Å². The lowest BCUT2D eigenvalue weighted by molar-refractivity contribution is -0.120. The van der Waals surface area contributed by atoms with Crippen molar-refractivity contribution in [2.75, 3.05) is 24.6 Å². The lowest BCUT2D eigenvalue weighted by atomic mass is 10.2. The summed E-state index contributed by atoms with van der Waals surface area (Å²) in [5.74, 6) is -0.435. The van der Waals surface area contributed by atoms with Crippen LogP contribution in [0.2, 0.25) is 5.02 Å². The third-order valence-corrected chi connectivity index (χ3v) is 5.84. The van der Waals surface area contributed by atoms with Crippen molar-refractivity contribution >= 4 is 33.2 Å². The van der Waals surface area contributed by atoms with E-state index in [0.717, 1.165) is 9.87 Å². The molecule has 0 bridgehead atoms. The second-order valence-corrected chi connectivity index (χ2v) is 8.53. The van der Waals surface area contributed by atoms with Gasteiger partial charge < -0.3 is 10.1 Å². The van der Waals surface area contributed by atoms with Crippen LogP contribution in [0.1, 0.15) is 12.5 Å². The first-order valence-corrected chi connectivity index (χ1v) is 10.2. The van der Waals surface area contributed by atoms with Crippen LogP contribution in [0.15, 0.2) is 53.4 Å². The number of methoxy groups -OCH3 is 1. The molecule has 27 heavy (non-hydrogen) atoms. The Kier molecular flexibility index (Phi) is 7.24. The van der Waals surface area contributed by atoms with Crippen LogP contribution in [0.25, 0.3) is 0 Å². The van der Waals surface area contributed by atoms with Crippen molar-refractivity contribution in [3.05, 3.63) is 59.1 Å². The fraction of sp³-hybridized carbons (Fsp3) is 0.316. The third kappa shape index (κ3) is 5.69. The molecular formula is C19H23ClN2O4S. The summed E-state index contributed by atoms with van der Waals surface area (Å²) < 4.78 is 32.4. The molecule has 2 aromatic rings. The Labute approximate surface area is 165 Å². The fourth-order valence-corrected chi connectivity index (χ4v) is 4.12. The van der Waals surface area contributed by atoms with Crippen molar-refractivity contribution in [3.8, 4) is 0 Å². The van der Waals surface area contributed by atoms with Crippen molar-refractivity contribution in [1.29, 1.82) is 0 Å². The molecule has 2 aromatic carbocycles. The lowest BCUT2D eigenvalue weighted by Gasteiger charge is -2.25. The Morgan fingerprint density at radius 2 is 1.89 bits per heavy atom. The average Bonchev–Trinajstić information content (AvgIpc) is 2.60. The van der Waals surface area contributed by atoms with Crippen molar-refractivity contribution in [2.45, 2.75) is 24.8 Å². The molecule has 0 aliphatic heterocycles. The number of rotatable bonds is 8. The van der Waals surface area contributed by atoms with Gasteiger partial charge in [0.2, 0.25) is 5.91 Å². The molecular weight excluding hydrogens is 388 g/mol. The zero-order valence-corrected chi connectivity index (χ0v) is 17.0. The maximum atomic E-state index is 13.2. The highest BCUT2D eigenvalue weighted by molar-refractivity contribution is 7.92. The normalized spacial score (nSPS) is 12.4. The first kappa shape index (κ1) is 21.2. The van der Waals surface area contributed by atoms with E-state index in [2.05, 4.69) is 5.32 Å². The first-order chi connectivity index (χ1) is 12.7.